The van der Waals surface area contributed by atoms with Crippen LogP contribution in [0.1, 0.15) is 6.92 Å². The number of rotatable bonds is 3. The first kappa shape index (κ1) is 13.1. The Kier molecular flexibility index (Phi) is 3.85. The largest absolute Gasteiger partial charge is 0.339 e. The van der Waals surface area contributed by atoms with E-state index in [0.29, 0.717) is 5.92 Å². The Morgan fingerprint density at radius 2 is 1.53 bits per heavy atom. The molecule has 0 radical (unpaired) electrons. The van der Waals surface area contributed by atoms with Crippen molar-refractivity contribution in [3.05, 3.63) is 48.5 Å². The third-order valence-corrected chi connectivity index (χ3v) is 5.53. The van der Waals surface area contributed by atoms with Crippen LogP contribution in [0.15, 0.2) is 58.3 Å². The number of fused-ring (bicyclic) bond motifs is 2. The van der Waals surface area contributed by atoms with Gasteiger partial charge in [-0.05, 0) is 30.2 Å². The van der Waals surface area contributed by atoms with Crippen LogP contribution in [0.5, 0.6) is 0 Å². The van der Waals surface area contributed by atoms with Crippen LogP contribution in [0.4, 0.5) is 11.4 Å². The van der Waals surface area contributed by atoms with Crippen LogP contribution in [0.2, 0.25) is 0 Å². The molecule has 1 nitrogen and oxygen atoms in total. The van der Waals surface area contributed by atoms with Gasteiger partial charge in [0, 0.05) is 21.7 Å². The Labute approximate surface area is 127 Å². The highest BCUT2D eigenvalue weighted by Crippen LogP contribution is 2.47. The molecule has 1 aliphatic rings. The Balaban J connectivity index is 2.06. The minimum Gasteiger partial charge on any atom is -0.339 e. The molecule has 0 saturated carbocycles. The number of nitrogens with zero attached hydrogens (tertiary/aromatic N) is 1. The number of hydrogen-bond donors (Lipinski definition) is 0. The fourth-order valence-electron chi connectivity index (χ4n) is 2.34. The van der Waals surface area contributed by atoms with Crippen molar-refractivity contribution in [2.24, 2.45) is 5.92 Å². The van der Waals surface area contributed by atoms with Crippen molar-refractivity contribution < 1.29 is 0 Å². The molecule has 0 saturated heterocycles. The molecule has 1 atom stereocenters. The maximum atomic E-state index is 3.59. The summed E-state index contributed by atoms with van der Waals surface area (Å²) in [6, 6.07) is 17.3. The first-order chi connectivity index (χ1) is 9.29. The average molecular weight is 334 g/mol. The van der Waals surface area contributed by atoms with E-state index in [9.17, 15) is 0 Å². The zero-order valence-corrected chi connectivity index (χ0v) is 13.2. The molecule has 2 aromatic carbocycles. The molecule has 0 spiro atoms. The summed E-state index contributed by atoms with van der Waals surface area (Å²) < 4.78 is 0. The molecule has 2 aromatic rings. The maximum absolute atomic E-state index is 3.59. The van der Waals surface area contributed by atoms with Crippen LogP contribution >= 0.6 is 27.7 Å². The molecule has 98 valence electrons. The number of alkyl halides is 1. The zero-order valence-electron chi connectivity index (χ0n) is 10.8. The van der Waals surface area contributed by atoms with E-state index in [1.54, 1.807) is 0 Å². The van der Waals surface area contributed by atoms with Crippen LogP contribution in [0.3, 0.4) is 0 Å². The molecule has 0 amide bonds. The molecular formula is C16H16BrNS. The van der Waals surface area contributed by atoms with E-state index in [0.717, 1.165) is 11.9 Å². The van der Waals surface area contributed by atoms with Crippen molar-refractivity contribution in [1.29, 1.82) is 0 Å². The summed E-state index contributed by atoms with van der Waals surface area (Å²) >= 11 is 5.46. The van der Waals surface area contributed by atoms with Crippen LogP contribution in [-0.2, 0) is 0 Å². The summed E-state index contributed by atoms with van der Waals surface area (Å²) in [7, 11) is 0. The molecule has 0 bridgehead atoms. The van der Waals surface area contributed by atoms with Crippen molar-refractivity contribution in [2.75, 3.05) is 16.8 Å². The minimum absolute atomic E-state index is 0.615. The van der Waals surface area contributed by atoms with Gasteiger partial charge in [0.1, 0.15) is 0 Å². The fraction of sp³-hybridized carbons (Fsp3) is 0.250. The van der Waals surface area contributed by atoms with Crippen LogP contribution in [0.25, 0.3) is 0 Å². The Morgan fingerprint density at radius 3 is 2.05 bits per heavy atom. The summed E-state index contributed by atoms with van der Waals surface area (Å²) in [6.45, 7) is 3.32. The van der Waals surface area contributed by atoms with E-state index in [-0.39, 0.29) is 0 Å². The van der Waals surface area contributed by atoms with Crippen LogP contribution in [-0.4, -0.2) is 11.9 Å². The highest BCUT2D eigenvalue weighted by Gasteiger charge is 2.23. The summed E-state index contributed by atoms with van der Waals surface area (Å²) in [5, 5.41) is 1.03. The monoisotopic (exact) mass is 333 g/mol. The Hall–Kier alpha value is -0.930. The molecule has 0 fully saturated rings. The van der Waals surface area contributed by atoms with Gasteiger partial charge in [-0.2, -0.15) is 0 Å². The highest BCUT2D eigenvalue weighted by molar-refractivity contribution is 9.09. The van der Waals surface area contributed by atoms with Crippen LogP contribution < -0.4 is 4.90 Å². The van der Waals surface area contributed by atoms with Crippen molar-refractivity contribution in [3.63, 3.8) is 0 Å². The third-order valence-electron chi connectivity index (χ3n) is 3.29. The Morgan fingerprint density at radius 1 is 1.00 bits per heavy atom. The van der Waals surface area contributed by atoms with Gasteiger partial charge < -0.3 is 4.90 Å². The van der Waals surface area contributed by atoms with Gasteiger partial charge in [0.05, 0.1) is 11.4 Å². The SMILES string of the molecule is CC(CBr)CN1c2ccccc2Sc2ccccc21. The second-order valence-corrected chi connectivity index (χ2v) is 6.64. The summed E-state index contributed by atoms with van der Waals surface area (Å²) in [6.07, 6.45) is 0. The van der Waals surface area contributed by atoms with Crippen molar-refractivity contribution in [3.8, 4) is 0 Å². The Bertz CT molecular complexity index is 539. The topological polar surface area (TPSA) is 3.24 Å². The fourth-order valence-corrected chi connectivity index (χ4v) is 3.64. The summed E-state index contributed by atoms with van der Waals surface area (Å²) in [5.74, 6) is 0.615. The lowest BCUT2D eigenvalue weighted by molar-refractivity contribution is 0.661. The molecule has 1 aliphatic heterocycles. The lowest BCUT2D eigenvalue weighted by atomic mass is 10.1. The third kappa shape index (κ3) is 2.54. The molecule has 1 heterocycles. The molecule has 19 heavy (non-hydrogen) atoms. The van der Waals surface area contributed by atoms with Crippen LogP contribution in [0, 0.1) is 5.92 Å². The van der Waals surface area contributed by atoms with E-state index in [1.807, 2.05) is 11.8 Å². The van der Waals surface area contributed by atoms with Gasteiger partial charge in [-0.25, -0.2) is 0 Å². The van der Waals surface area contributed by atoms with Gasteiger partial charge in [0.2, 0.25) is 0 Å². The minimum atomic E-state index is 0.615. The standard InChI is InChI=1S/C16H16BrNS/c1-12(10-17)11-18-13-6-2-4-8-15(13)19-16-9-5-3-7-14(16)18/h2-9,12H,10-11H2,1H3. The van der Waals surface area contributed by atoms with E-state index in [2.05, 4.69) is 76.3 Å². The lowest BCUT2D eigenvalue weighted by Crippen LogP contribution is -2.26. The normalized spacial score (nSPS) is 14.7. The van der Waals surface area contributed by atoms with Crippen molar-refractivity contribution >= 4 is 39.1 Å². The van der Waals surface area contributed by atoms with Gasteiger partial charge >= 0.3 is 0 Å². The highest BCUT2D eigenvalue weighted by atomic mass is 79.9. The zero-order chi connectivity index (χ0) is 13.2. The van der Waals surface area contributed by atoms with Crippen molar-refractivity contribution in [1.82, 2.24) is 0 Å². The smallest absolute Gasteiger partial charge is 0.0552 e. The van der Waals surface area contributed by atoms with E-state index < -0.39 is 0 Å². The van der Waals surface area contributed by atoms with Gasteiger partial charge in [0.15, 0.2) is 0 Å². The predicted molar refractivity (Wildman–Crippen MR) is 87.0 cm³/mol. The molecule has 0 aromatic heterocycles. The van der Waals surface area contributed by atoms with E-state index in [4.69, 9.17) is 0 Å². The second-order valence-electron chi connectivity index (χ2n) is 4.91. The van der Waals surface area contributed by atoms with E-state index in [1.165, 1.54) is 21.2 Å². The number of anilines is 2. The van der Waals surface area contributed by atoms with Gasteiger partial charge in [-0.1, -0.05) is 58.9 Å². The van der Waals surface area contributed by atoms with E-state index >= 15 is 0 Å². The second kappa shape index (κ2) is 5.59. The first-order valence-corrected chi connectivity index (χ1v) is 8.43. The van der Waals surface area contributed by atoms with Crippen molar-refractivity contribution in [2.45, 2.75) is 16.7 Å². The molecule has 3 heteroatoms. The number of benzene rings is 2. The van der Waals surface area contributed by atoms with Gasteiger partial charge in [-0.15, -0.1) is 0 Å². The summed E-state index contributed by atoms with van der Waals surface area (Å²) in [4.78, 5) is 5.15. The first-order valence-electron chi connectivity index (χ1n) is 6.49. The molecule has 3 rings (SSSR count). The molecular weight excluding hydrogens is 318 g/mol. The maximum Gasteiger partial charge on any atom is 0.0552 e. The van der Waals surface area contributed by atoms with Gasteiger partial charge in [0.25, 0.3) is 0 Å². The number of hydrogen-bond acceptors (Lipinski definition) is 2. The average Bonchev–Trinajstić information content (AvgIpc) is 2.46. The predicted octanol–water partition coefficient (Wildman–Crippen LogP) is 5.32. The number of halogens is 1. The molecule has 0 N–H and O–H groups in total. The quantitative estimate of drug-likeness (QED) is 0.699. The number of para-hydroxylation sites is 2. The lowest BCUT2D eigenvalue weighted by Gasteiger charge is -2.34. The molecule has 0 aliphatic carbocycles. The van der Waals surface area contributed by atoms with Gasteiger partial charge in [-0.3, -0.25) is 0 Å². The summed E-state index contributed by atoms with van der Waals surface area (Å²) in [5.41, 5.74) is 2.66. The molecule has 1 unspecified atom stereocenters.